The van der Waals surface area contributed by atoms with Crippen LogP contribution in [0.5, 0.6) is 0 Å². The number of nitrogens with one attached hydrogen (secondary N) is 1. The lowest BCUT2D eigenvalue weighted by atomic mass is 9.88. The number of nitrogens with zero attached hydrogens (tertiary/aromatic N) is 1. The molecule has 15 heavy (non-hydrogen) atoms. The molecule has 1 N–H and O–H groups in total. The predicted octanol–water partition coefficient (Wildman–Crippen LogP) is 2.80. The number of hydrogen-bond acceptors (Lipinski definition) is 2. The standard InChI is InChI=1S/C13H20N2/c1-13(2,3)10-6-7-12(15-9-10)11-5-4-8-14-11/h6-7,9,11,14H,4-5,8H2,1-3H3. The van der Waals surface area contributed by atoms with Gasteiger partial charge in [-0.05, 0) is 36.4 Å². The third-order valence-corrected chi connectivity index (χ3v) is 3.07. The summed E-state index contributed by atoms with van der Waals surface area (Å²) in [5.74, 6) is 0. The van der Waals surface area contributed by atoms with Crippen molar-refractivity contribution in [3.63, 3.8) is 0 Å². The van der Waals surface area contributed by atoms with Gasteiger partial charge in [0.2, 0.25) is 0 Å². The molecule has 2 heterocycles. The molecule has 0 bridgehead atoms. The van der Waals surface area contributed by atoms with Gasteiger partial charge in [0.05, 0.1) is 5.69 Å². The van der Waals surface area contributed by atoms with E-state index in [1.165, 1.54) is 24.1 Å². The van der Waals surface area contributed by atoms with Gasteiger partial charge in [0.15, 0.2) is 0 Å². The summed E-state index contributed by atoms with van der Waals surface area (Å²) in [5, 5.41) is 3.47. The van der Waals surface area contributed by atoms with Crippen molar-refractivity contribution in [2.45, 2.75) is 45.1 Å². The summed E-state index contributed by atoms with van der Waals surface area (Å²) in [7, 11) is 0. The molecule has 1 aromatic heterocycles. The quantitative estimate of drug-likeness (QED) is 0.761. The minimum absolute atomic E-state index is 0.203. The number of pyridine rings is 1. The van der Waals surface area contributed by atoms with Crippen LogP contribution in [0.4, 0.5) is 0 Å². The van der Waals surface area contributed by atoms with Gasteiger partial charge >= 0.3 is 0 Å². The zero-order valence-electron chi connectivity index (χ0n) is 9.88. The summed E-state index contributed by atoms with van der Waals surface area (Å²) in [6, 6.07) is 4.87. The van der Waals surface area contributed by atoms with Gasteiger partial charge in [-0.2, -0.15) is 0 Å². The van der Waals surface area contributed by atoms with Crippen LogP contribution in [0.2, 0.25) is 0 Å². The molecule has 1 fully saturated rings. The molecular formula is C13H20N2. The molecule has 1 aliphatic rings. The van der Waals surface area contributed by atoms with E-state index in [4.69, 9.17) is 0 Å². The van der Waals surface area contributed by atoms with Crippen LogP contribution in [0.3, 0.4) is 0 Å². The molecular weight excluding hydrogens is 184 g/mol. The first-order chi connectivity index (χ1) is 7.07. The summed E-state index contributed by atoms with van der Waals surface area (Å²) < 4.78 is 0. The zero-order valence-corrected chi connectivity index (χ0v) is 9.88. The molecule has 82 valence electrons. The average molecular weight is 204 g/mol. The van der Waals surface area contributed by atoms with E-state index >= 15 is 0 Å². The lowest BCUT2D eigenvalue weighted by molar-refractivity contribution is 0.580. The van der Waals surface area contributed by atoms with Crippen LogP contribution in [0.25, 0.3) is 0 Å². The molecule has 1 aliphatic heterocycles. The summed E-state index contributed by atoms with van der Waals surface area (Å²) in [4.78, 5) is 4.56. The molecule has 1 saturated heterocycles. The van der Waals surface area contributed by atoms with Crippen molar-refractivity contribution in [2.24, 2.45) is 0 Å². The predicted molar refractivity (Wildman–Crippen MR) is 62.9 cm³/mol. The van der Waals surface area contributed by atoms with Crippen molar-refractivity contribution in [3.8, 4) is 0 Å². The molecule has 1 atom stereocenters. The Bertz CT molecular complexity index is 315. The second-order valence-corrected chi connectivity index (χ2v) is 5.37. The Labute approximate surface area is 92.1 Å². The van der Waals surface area contributed by atoms with Gasteiger partial charge in [-0.15, -0.1) is 0 Å². The fourth-order valence-corrected chi connectivity index (χ4v) is 1.99. The van der Waals surface area contributed by atoms with Crippen molar-refractivity contribution < 1.29 is 0 Å². The van der Waals surface area contributed by atoms with Gasteiger partial charge in [-0.25, -0.2) is 0 Å². The van der Waals surface area contributed by atoms with E-state index in [1.54, 1.807) is 0 Å². The summed E-state index contributed by atoms with van der Waals surface area (Å²) >= 11 is 0. The van der Waals surface area contributed by atoms with Crippen LogP contribution in [-0.4, -0.2) is 11.5 Å². The van der Waals surface area contributed by atoms with Gasteiger partial charge in [0.1, 0.15) is 0 Å². The van der Waals surface area contributed by atoms with E-state index in [-0.39, 0.29) is 5.41 Å². The van der Waals surface area contributed by atoms with E-state index in [0.717, 1.165) is 6.54 Å². The Kier molecular flexibility index (Phi) is 2.79. The molecule has 0 radical (unpaired) electrons. The summed E-state index contributed by atoms with van der Waals surface area (Å²) in [6.45, 7) is 7.79. The van der Waals surface area contributed by atoms with E-state index < -0.39 is 0 Å². The Morgan fingerprint density at radius 1 is 1.33 bits per heavy atom. The fourth-order valence-electron chi connectivity index (χ4n) is 1.99. The van der Waals surface area contributed by atoms with E-state index in [1.807, 2.05) is 6.20 Å². The van der Waals surface area contributed by atoms with Gasteiger partial charge in [0.25, 0.3) is 0 Å². The molecule has 2 heteroatoms. The molecule has 0 saturated carbocycles. The molecule has 2 rings (SSSR count). The lowest BCUT2D eigenvalue weighted by Gasteiger charge is -2.19. The summed E-state index contributed by atoms with van der Waals surface area (Å²) in [5.41, 5.74) is 2.71. The normalized spacial score (nSPS) is 21.9. The van der Waals surface area contributed by atoms with Crippen molar-refractivity contribution in [3.05, 3.63) is 29.6 Å². The summed E-state index contributed by atoms with van der Waals surface area (Å²) in [6.07, 6.45) is 4.52. The first kappa shape index (κ1) is 10.6. The smallest absolute Gasteiger partial charge is 0.0573 e. The monoisotopic (exact) mass is 204 g/mol. The molecule has 0 aromatic carbocycles. The Morgan fingerprint density at radius 3 is 2.60 bits per heavy atom. The highest BCUT2D eigenvalue weighted by Crippen LogP contribution is 2.25. The van der Waals surface area contributed by atoms with Gasteiger partial charge in [-0.3, -0.25) is 4.98 Å². The highest BCUT2D eigenvalue weighted by Gasteiger charge is 2.19. The molecule has 0 spiro atoms. The minimum Gasteiger partial charge on any atom is -0.309 e. The van der Waals surface area contributed by atoms with Gasteiger partial charge in [0, 0.05) is 12.2 Å². The number of hydrogen-bond donors (Lipinski definition) is 1. The van der Waals surface area contributed by atoms with Crippen LogP contribution in [0.15, 0.2) is 18.3 Å². The maximum atomic E-state index is 4.56. The SMILES string of the molecule is CC(C)(C)c1ccc(C2CCCN2)nc1. The van der Waals surface area contributed by atoms with Gasteiger partial charge < -0.3 is 5.32 Å². The van der Waals surface area contributed by atoms with Crippen LogP contribution in [-0.2, 0) is 5.41 Å². The topological polar surface area (TPSA) is 24.9 Å². The lowest BCUT2D eigenvalue weighted by Crippen LogP contribution is -2.16. The van der Waals surface area contributed by atoms with Crippen molar-refractivity contribution in [1.82, 2.24) is 10.3 Å². The third-order valence-electron chi connectivity index (χ3n) is 3.07. The number of aromatic nitrogens is 1. The fraction of sp³-hybridized carbons (Fsp3) is 0.615. The second kappa shape index (κ2) is 3.93. The maximum absolute atomic E-state index is 4.56. The first-order valence-electron chi connectivity index (χ1n) is 5.77. The molecule has 1 unspecified atom stereocenters. The Balaban J connectivity index is 2.16. The van der Waals surface area contributed by atoms with Crippen molar-refractivity contribution in [2.75, 3.05) is 6.54 Å². The van der Waals surface area contributed by atoms with Crippen LogP contribution < -0.4 is 5.32 Å². The number of rotatable bonds is 1. The Hall–Kier alpha value is -0.890. The zero-order chi connectivity index (χ0) is 10.9. The van der Waals surface area contributed by atoms with Crippen molar-refractivity contribution >= 4 is 0 Å². The minimum atomic E-state index is 0.203. The molecule has 2 nitrogen and oxygen atoms in total. The third kappa shape index (κ3) is 2.37. The average Bonchev–Trinajstić information content (AvgIpc) is 2.69. The molecule has 1 aromatic rings. The Morgan fingerprint density at radius 2 is 2.13 bits per heavy atom. The van der Waals surface area contributed by atoms with Crippen molar-refractivity contribution in [1.29, 1.82) is 0 Å². The van der Waals surface area contributed by atoms with E-state index in [0.29, 0.717) is 6.04 Å². The largest absolute Gasteiger partial charge is 0.309 e. The van der Waals surface area contributed by atoms with E-state index in [2.05, 4.69) is 43.2 Å². The van der Waals surface area contributed by atoms with Crippen LogP contribution >= 0.6 is 0 Å². The highest BCUT2D eigenvalue weighted by molar-refractivity contribution is 5.22. The highest BCUT2D eigenvalue weighted by atomic mass is 15.0. The van der Waals surface area contributed by atoms with Crippen LogP contribution in [0.1, 0.15) is 50.9 Å². The maximum Gasteiger partial charge on any atom is 0.0573 e. The van der Waals surface area contributed by atoms with E-state index in [9.17, 15) is 0 Å². The van der Waals surface area contributed by atoms with Gasteiger partial charge in [-0.1, -0.05) is 26.8 Å². The second-order valence-electron chi connectivity index (χ2n) is 5.37. The molecule has 0 aliphatic carbocycles. The molecule has 0 amide bonds. The van der Waals surface area contributed by atoms with Crippen LogP contribution in [0, 0.1) is 0 Å². The first-order valence-corrected chi connectivity index (χ1v) is 5.77.